The lowest BCUT2D eigenvalue weighted by Gasteiger charge is -2.37. The van der Waals surface area contributed by atoms with Crippen molar-refractivity contribution in [1.82, 2.24) is 9.96 Å². The minimum absolute atomic E-state index is 0.191. The number of hydroxylamine groups is 2. The lowest BCUT2D eigenvalue weighted by molar-refractivity contribution is -0.215. The third-order valence-electron chi connectivity index (χ3n) is 4.05. The van der Waals surface area contributed by atoms with Crippen molar-refractivity contribution in [1.29, 1.82) is 0 Å². The van der Waals surface area contributed by atoms with Crippen LogP contribution in [-0.2, 0) is 21.0 Å². The van der Waals surface area contributed by atoms with Gasteiger partial charge < -0.3 is 4.74 Å². The summed E-state index contributed by atoms with van der Waals surface area (Å²) in [5, 5.41) is 1.39. The van der Waals surface area contributed by atoms with Gasteiger partial charge in [0.1, 0.15) is 12.6 Å². The Hall–Kier alpha value is -2.08. The van der Waals surface area contributed by atoms with E-state index in [-0.39, 0.29) is 12.5 Å². The van der Waals surface area contributed by atoms with Crippen LogP contribution < -0.4 is 0 Å². The zero-order valence-electron chi connectivity index (χ0n) is 15.5. The predicted octanol–water partition coefficient (Wildman–Crippen LogP) is 3.37. The second-order valence-corrected chi connectivity index (χ2v) is 7.11. The molecule has 2 rings (SSSR count). The Balaban J connectivity index is 2.02. The van der Waals surface area contributed by atoms with Gasteiger partial charge in [-0.15, -0.1) is 0 Å². The van der Waals surface area contributed by atoms with Crippen LogP contribution in [0.15, 0.2) is 30.3 Å². The zero-order valence-corrected chi connectivity index (χ0v) is 15.5. The number of ether oxygens (including phenoxy) is 1. The van der Waals surface area contributed by atoms with Crippen LogP contribution in [0.4, 0.5) is 4.79 Å². The van der Waals surface area contributed by atoms with Gasteiger partial charge in [0.15, 0.2) is 0 Å². The maximum Gasteiger partial charge on any atom is 0.410 e. The van der Waals surface area contributed by atoms with Crippen LogP contribution in [0.2, 0.25) is 0 Å². The summed E-state index contributed by atoms with van der Waals surface area (Å²) in [6.07, 6.45) is 0.949. The van der Waals surface area contributed by atoms with E-state index in [1.54, 1.807) is 0 Å². The van der Waals surface area contributed by atoms with Crippen LogP contribution >= 0.6 is 0 Å². The van der Waals surface area contributed by atoms with Crippen LogP contribution in [-0.4, -0.2) is 46.7 Å². The van der Waals surface area contributed by atoms with E-state index in [0.717, 1.165) is 12.0 Å². The molecule has 1 aliphatic rings. The molecule has 0 N–H and O–H groups in total. The van der Waals surface area contributed by atoms with E-state index >= 15 is 0 Å². The molecular formula is C19H28N2O4. The standard InChI is InChI=1S/C19H28N2O4/c1-5-25-21(19(2,3)4)17(22)16-12-9-13-20(16)18(23)24-14-15-10-7-6-8-11-15/h6-8,10-11,16H,5,9,12-14H2,1-4H3/t16-/m0/s1. The van der Waals surface area contributed by atoms with Crippen LogP contribution in [0.3, 0.4) is 0 Å². The summed E-state index contributed by atoms with van der Waals surface area (Å²) in [7, 11) is 0. The highest BCUT2D eigenvalue weighted by molar-refractivity contribution is 5.86. The minimum atomic E-state index is -0.533. The van der Waals surface area contributed by atoms with E-state index < -0.39 is 17.7 Å². The Morgan fingerprint density at radius 1 is 1.24 bits per heavy atom. The first kappa shape index (κ1) is 19.2. The van der Waals surface area contributed by atoms with Gasteiger partial charge in [0.25, 0.3) is 5.91 Å². The molecule has 0 aromatic heterocycles. The number of hydrogen-bond donors (Lipinski definition) is 0. The number of carbonyl (C=O) groups is 2. The molecule has 0 unspecified atom stereocenters. The average Bonchev–Trinajstić information content (AvgIpc) is 3.06. The first-order valence-corrected chi connectivity index (χ1v) is 8.79. The largest absolute Gasteiger partial charge is 0.445 e. The van der Waals surface area contributed by atoms with Gasteiger partial charge in [0, 0.05) is 6.54 Å². The van der Waals surface area contributed by atoms with Crippen molar-refractivity contribution in [3.63, 3.8) is 0 Å². The topological polar surface area (TPSA) is 59.1 Å². The first-order valence-electron chi connectivity index (χ1n) is 8.79. The van der Waals surface area contributed by atoms with E-state index in [1.165, 1.54) is 9.96 Å². The molecule has 0 aliphatic carbocycles. The van der Waals surface area contributed by atoms with Crippen LogP contribution in [0, 0.1) is 0 Å². The van der Waals surface area contributed by atoms with Crippen LogP contribution in [0.25, 0.3) is 0 Å². The number of likely N-dealkylation sites (tertiary alicyclic amines) is 1. The molecule has 1 aromatic rings. The smallest absolute Gasteiger partial charge is 0.410 e. The Labute approximate surface area is 149 Å². The molecular weight excluding hydrogens is 320 g/mol. The van der Waals surface area contributed by atoms with E-state index in [9.17, 15) is 9.59 Å². The molecule has 138 valence electrons. The highest BCUT2D eigenvalue weighted by Gasteiger charge is 2.41. The van der Waals surface area contributed by atoms with Crippen LogP contribution in [0.1, 0.15) is 46.1 Å². The van der Waals surface area contributed by atoms with Gasteiger partial charge in [-0.1, -0.05) is 30.3 Å². The Morgan fingerprint density at radius 3 is 2.52 bits per heavy atom. The molecule has 0 radical (unpaired) electrons. The molecule has 1 fully saturated rings. The highest BCUT2D eigenvalue weighted by atomic mass is 16.7. The molecule has 0 spiro atoms. The number of nitrogens with zero attached hydrogens (tertiary/aromatic N) is 2. The maximum atomic E-state index is 12.9. The summed E-state index contributed by atoms with van der Waals surface area (Å²) in [5.74, 6) is -0.191. The summed E-state index contributed by atoms with van der Waals surface area (Å²) >= 11 is 0. The molecule has 6 nitrogen and oxygen atoms in total. The van der Waals surface area contributed by atoms with Gasteiger partial charge in [-0.2, -0.15) is 0 Å². The Morgan fingerprint density at radius 2 is 1.92 bits per heavy atom. The summed E-state index contributed by atoms with van der Waals surface area (Å²) in [6.45, 7) is 8.69. The van der Waals surface area contributed by atoms with E-state index in [1.807, 2.05) is 58.0 Å². The molecule has 0 saturated carbocycles. The third kappa shape index (κ3) is 4.95. The number of rotatable bonds is 5. The Kier molecular flexibility index (Phi) is 6.42. The fraction of sp³-hybridized carbons (Fsp3) is 0.579. The average molecular weight is 348 g/mol. The molecule has 1 heterocycles. The molecule has 1 saturated heterocycles. The van der Waals surface area contributed by atoms with Gasteiger partial charge in [0.05, 0.1) is 12.1 Å². The van der Waals surface area contributed by atoms with Crippen molar-refractivity contribution >= 4 is 12.0 Å². The van der Waals surface area contributed by atoms with Crippen LogP contribution in [0.5, 0.6) is 0 Å². The first-order chi connectivity index (χ1) is 11.8. The van der Waals surface area contributed by atoms with E-state index in [4.69, 9.17) is 9.57 Å². The summed E-state index contributed by atoms with van der Waals surface area (Å²) in [6, 6.07) is 8.97. The predicted molar refractivity (Wildman–Crippen MR) is 94.6 cm³/mol. The monoisotopic (exact) mass is 348 g/mol. The lowest BCUT2D eigenvalue weighted by Crippen LogP contribution is -2.53. The van der Waals surface area contributed by atoms with Gasteiger partial charge in [-0.05, 0) is 46.1 Å². The fourth-order valence-corrected chi connectivity index (χ4v) is 2.90. The number of amides is 2. The van der Waals surface area contributed by atoms with Crippen molar-refractivity contribution in [3.05, 3.63) is 35.9 Å². The summed E-state index contributed by atoms with van der Waals surface area (Å²) in [5.41, 5.74) is 0.443. The van der Waals surface area contributed by atoms with Gasteiger partial charge in [0.2, 0.25) is 0 Å². The molecule has 0 bridgehead atoms. The molecule has 1 aliphatic heterocycles. The summed E-state index contributed by atoms with van der Waals surface area (Å²) in [4.78, 5) is 32.4. The second-order valence-electron chi connectivity index (χ2n) is 7.11. The molecule has 2 amide bonds. The normalized spacial score (nSPS) is 17.4. The third-order valence-corrected chi connectivity index (χ3v) is 4.05. The molecule has 25 heavy (non-hydrogen) atoms. The van der Waals surface area contributed by atoms with Crippen molar-refractivity contribution < 1.29 is 19.2 Å². The molecule has 1 aromatic carbocycles. The van der Waals surface area contributed by atoms with Crippen molar-refractivity contribution in [2.24, 2.45) is 0 Å². The second kappa shape index (κ2) is 8.34. The number of hydrogen-bond acceptors (Lipinski definition) is 4. The quantitative estimate of drug-likeness (QED) is 0.766. The fourth-order valence-electron chi connectivity index (χ4n) is 2.90. The molecule has 6 heteroatoms. The van der Waals surface area contributed by atoms with Crippen molar-refractivity contribution in [2.75, 3.05) is 13.2 Å². The van der Waals surface area contributed by atoms with E-state index in [0.29, 0.717) is 19.6 Å². The van der Waals surface area contributed by atoms with Crippen molar-refractivity contribution in [2.45, 2.75) is 58.7 Å². The summed E-state index contributed by atoms with van der Waals surface area (Å²) < 4.78 is 5.39. The number of carbonyl (C=O) groups excluding carboxylic acids is 2. The SMILES string of the molecule is CCON(C(=O)[C@@H]1CCCN1C(=O)OCc1ccccc1)C(C)(C)C. The number of benzene rings is 1. The Bertz CT molecular complexity index is 583. The lowest BCUT2D eigenvalue weighted by atomic mass is 10.1. The van der Waals surface area contributed by atoms with Crippen molar-refractivity contribution in [3.8, 4) is 0 Å². The minimum Gasteiger partial charge on any atom is -0.445 e. The van der Waals surface area contributed by atoms with Gasteiger partial charge in [-0.25, -0.2) is 9.86 Å². The highest BCUT2D eigenvalue weighted by Crippen LogP contribution is 2.24. The maximum absolute atomic E-state index is 12.9. The molecule has 1 atom stereocenters. The van der Waals surface area contributed by atoms with Gasteiger partial charge >= 0.3 is 6.09 Å². The zero-order chi connectivity index (χ0) is 18.4. The van der Waals surface area contributed by atoms with E-state index in [2.05, 4.69) is 0 Å². The van der Waals surface area contributed by atoms with Gasteiger partial charge in [-0.3, -0.25) is 14.5 Å².